The molecule has 0 saturated heterocycles. The Bertz CT molecular complexity index is 403. The maximum absolute atomic E-state index is 11.0. The van der Waals surface area contributed by atoms with Crippen LogP contribution in [0.2, 0.25) is 0 Å². The Morgan fingerprint density at radius 1 is 1.50 bits per heavy atom. The SMILES string of the molecule is CS(=O)(=O)Cc1nccc(CCN)n1. The zero-order valence-corrected chi connectivity index (χ0v) is 8.79. The molecule has 0 aliphatic rings. The van der Waals surface area contributed by atoms with Gasteiger partial charge in [0.1, 0.15) is 11.6 Å². The first-order chi connectivity index (χ1) is 6.51. The van der Waals surface area contributed by atoms with E-state index >= 15 is 0 Å². The molecule has 0 aromatic carbocycles. The first-order valence-corrected chi connectivity index (χ1v) is 6.26. The van der Waals surface area contributed by atoms with Crippen molar-refractivity contribution < 1.29 is 8.42 Å². The first-order valence-electron chi connectivity index (χ1n) is 4.20. The predicted molar refractivity (Wildman–Crippen MR) is 53.3 cm³/mol. The highest BCUT2D eigenvalue weighted by Crippen LogP contribution is 2.00. The Labute approximate surface area is 83.3 Å². The summed E-state index contributed by atoms with van der Waals surface area (Å²) in [6.45, 7) is 0.495. The summed E-state index contributed by atoms with van der Waals surface area (Å²) in [5.74, 6) is 0.212. The van der Waals surface area contributed by atoms with Crippen molar-refractivity contribution in [3.63, 3.8) is 0 Å². The molecule has 0 spiro atoms. The Morgan fingerprint density at radius 2 is 2.21 bits per heavy atom. The number of hydrogen-bond donors (Lipinski definition) is 1. The van der Waals surface area contributed by atoms with Crippen LogP contribution in [0, 0.1) is 0 Å². The average Bonchev–Trinajstić information content (AvgIpc) is 2.02. The summed E-state index contributed by atoms with van der Waals surface area (Å²) in [7, 11) is -3.07. The molecule has 0 radical (unpaired) electrons. The second-order valence-electron chi connectivity index (χ2n) is 3.07. The minimum Gasteiger partial charge on any atom is -0.330 e. The van der Waals surface area contributed by atoms with E-state index in [0.29, 0.717) is 18.8 Å². The Balaban J connectivity index is 2.83. The lowest BCUT2D eigenvalue weighted by atomic mass is 10.3. The average molecular weight is 215 g/mol. The van der Waals surface area contributed by atoms with Crippen molar-refractivity contribution in [1.82, 2.24) is 9.97 Å². The predicted octanol–water partition coefficient (Wildman–Crippen LogP) is -0.478. The highest BCUT2D eigenvalue weighted by atomic mass is 32.2. The molecule has 6 heteroatoms. The topological polar surface area (TPSA) is 85.9 Å². The number of nitrogens with two attached hydrogens (primary N) is 1. The monoisotopic (exact) mass is 215 g/mol. The number of hydrogen-bond acceptors (Lipinski definition) is 5. The van der Waals surface area contributed by atoms with E-state index in [1.165, 1.54) is 0 Å². The van der Waals surface area contributed by atoms with Gasteiger partial charge in [0.2, 0.25) is 0 Å². The Hall–Kier alpha value is -1.01. The van der Waals surface area contributed by atoms with E-state index in [9.17, 15) is 8.42 Å². The van der Waals surface area contributed by atoms with Crippen LogP contribution in [-0.4, -0.2) is 31.2 Å². The molecular weight excluding hydrogens is 202 g/mol. The van der Waals surface area contributed by atoms with Crippen molar-refractivity contribution >= 4 is 9.84 Å². The van der Waals surface area contributed by atoms with E-state index in [4.69, 9.17) is 5.73 Å². The molecule has 1 rings (SSSR count). The lowest BCUT2D eigenvalue weighted by Gasteiger charge is -2.00. The van der Waals surface area contributed by atoms with Crippen molar-refractivity contribution in [3.05, 3.63) is 23.8 Å². The maximum Gasteiger partial charge on any atom is 0.154 e. The van der Waals surface area contributed by atoms with E-state index < -0.39 is 9.84 Å². The van der Waals surface area contributed by atoms with Crippen molar-refractivity contribution in [2.75, 3.05) is 12.8 Å². The normalized spacial score (nSPS) is 11.6. The molecule has 0 fully saturated rings. The highest BCUT2D eigenvalue weighted by molar-refractivity contribution is 7.89. The van der Waals surface area contributed by atoms with Gasteiger partial charge in [0, 0.05) is 24.6 Å². The fraction of sp³-hybridized carbons (Fsp3) is 0.500. The second-order valence-corrected chi connectivity index (χ2v) is 5.21. The molecule has 2 N–H and O–H groups in total. The largest absolute Gasteiger partial charge is 0.330 e. The van der Waals surface area contributed by atoms with Crippen LogP contribution in [0.3, 0.4) is 0 Å². The number of sulfone groups is 1. The molecule has 0 amide bonds. The fourth-order valence-corrected chi connectivity index (χ4v) is 1.64. The molecule has 1 heterocycles. The maximum atomic E-state index is 11.0. The molecule has 5 nitrogen and oxygen atoms in total. The third-order valence-electron chi connectivity index (χ3n) is 1.55. The molecule has 0 aliphatic heterocycles. The third kappa shape index (κ3) is 3.80. The standard InChI is InChI=1S/C8H13N3O2S/c1-14(12,13)6-8-10-5-3-7(11-8)2-4-9/h3,5H,2,4,6,9H2,1H3. The van der Waals surface area contributed by atoms with E-state index in [1.807, 2.05) is 0 Å². The van der Waals surface area contributed by atoms with E-state index in [0.717, 1.165) is 11.9 Å². The third-order valence-corrected chi connectivity index (χ3v) is 2.34. The van der Waals surface area contributed by atoms with Crippen LogP contribution < -0.4 is 5.73 Å². The molecular formula is C8H13N3O2S. The van der Waals surface area contributed by atoms with Gasteiger partial charge in [-0.15, -0.1) is 0 Å². The lowest BCUT2D eigenvalue weighted by Crippen LogP contribution is -2.09. The van der Waals surface area contributed by atoms with Crippen LogP contribution in [0.1, 0.15) is 11.5 Å². The summed E-state index contributed by atoms with van der Waals surface area (Å²) < 4.78 is 21.9. The van der Waals surface area contributed by atoms with Crippen molar-refractivity contribution in [1.29, 1.82) is 0 Å². The highest BCUT2D eigenvalue weighted by Gasteiger charge is 2.07. The Kier molecular flexibility index (Phi) is 3.54. The van der Waals surface area contributed by atoms with Gasteiger partial charge in [0.25, 0.3) is 0 Å². The Morgan fingerprint density at radius 3 is 2.79 bits per heavy atom. The molecule has 14 heavy (non-hydrogen) atoms. The van der Waals surface area contributed by atoms with Gasteiger partial charge in [-0.05, 0) is 12.6 Å². The zero-order chi connectivity index (χ0) is 10.6. The van der Waals surface area contributed by atoms with E-state index in [1.54, 1.807) is 12.3 Å². The summed E-state index contributed by atoms with van der Waals surface area (Å²) in [6, 6.07) is 1.73. The van der Waals surface area contributed by atoms with E-state index in [2.05, 4.69) is 9.97 Å². The second kappa shape index (κ2) is 4.47. The van der Waals surface area contributed by atoms with Crippen LogP contribution in [0.15, 0.2) is 12.3 Å². The summed E-state index contributed by atoms with van der Waals surface area (Å²) in [5, 5.41) is 0. The van der Waals surface area contributed by atoms with Crippen LogP contribution in [-0.2, 0) is 22.0 Å². The number of nitrogens with zero attached hydrogens (tertiary/aromatic N) is 2. The number of rotatable bonds is 4. The van der Waals surface area contributed by atoms with Gasteiger partial charge >= 0.3 is 0 Å². The minimum atomic E-state index is -3.07. The molecule has 78 valence electrons. The fourth-order valence-electron chi connectivity index (χ4n) is 1.03. The lowest BCUT2D eigenvalue weighted by molar-refractivity contribution is 0.599. The van der Waals surface area contributed by atoms with Gasteiger partial charge in [-0.3, -0.25) is 0 Å². The minimum absolute atomic E-state index is 0.120. The van der Waals surface area contributed by atoms with Crippen LogP contribution in [0.4, 0.5) is 0 Å². The van der Waals surface area contributed by atoms with Crippen molar-refractivity contribution in [2.24, 2.45) is 5.73 Å². The molecule has 1 aromatic rings. The summed E-state index contributed by atoms with van der Waals surface area (Å²) >= 11 is 0. The van der Waals surface area contributed by atoms with Crippen LogP contribution >= 0.6 is 0 Å². The van der Waals surface area contributed by atoms with Crippen molar-refractivity contribution in [2.45, 2.75) is 12.2 Å². The van der Waals surface area contributed by atoms with Gasteiger partial charge < -0.3 is 5.73 Å². The summed E-state index contributed by atoms with van der Waals surface area (Å²) in [5.41, 5.74) is 6.14. The molecule has 1 aromatic heterocycles. The molecule has 0 saturated carbocycles. The molecule has 0 atom stereocenters. The zero-order valence-electron chi connectivity index (χ0n) is 7.97. The number of aromatic nitrogens is 2. The smallest absolute Gasteiger partial charge is 0.154 e. The quantitative estimate of drug-likeness (QED) is 0.733. The van der Waals surface area contributed by atoms with Crippen molar-refractivity contribution in [3.8, 4) is 0 Å². The van der Waals surface area contributed by atoms with Gasteiger partial charge in [0.05, 0.1) is 0 Å². The van der Waals surface area contributed by atoms with Gasteiger partial charge in [-0.1, -0.05) is 0 Å². The van der Waals surface area contributed by atoms with Gasteiger partial charge in [-0.2, -0.15) is 0 Å². The van der Waals surface area contributed by atoms with Crippen LogP contribution in [0.25, 0.3) is 0 Å². The molecule has 0 aliphatic carbocycles. The van der Waals surface area contributed by atoms with Gasteiger partial charge in [0.15, 0.2) is 9.84 Å². The van der Waals surface area contributed by atoms with Crippen LogP contribution in [0.5, 0.6) is 0 Å². The van der Waals surface area contributed by atoms with Gasteiger partial charge in [-0.25, -0.2) is 18.4 Å². The summed E-state index contributed by atoms with van der Waals surface area (Å²) in [4.78, 5) is 7.95. The van der Waals surface area contributed by atoms with E-state index in [-0.39, 0.29) is 5.75 Å². The molecule has 0 bridgehead atoms. The molecule has 0 unspecified atom stereocenters. The summed E-state index contributed by atoms with van der Waals surface area (Å²) in [6.07, 6.45) is 3.35. The first kappa shape index (κ1) is 11.1.